The van der Waals surface area contributed by atoms with Crippen molar-refractivity contribution in [2.45, 2.75) is 25.1 Å². The van der Waals surface area contributed by atoms with Crippen LogP contribution >= 0.6 is 11.6 Å². The summed E-state index contributed by atoms with van der Waals surface area (Å²) < 4.78 is 0. The molecule has 0 aliphatic heterocycles. The van der Waals surface area contributed by atoms with Crippen molar-refractivity contribution in [3.05, 3.63) is 18.1 Å². The van der Waals surface area contributed by atoms with Crippen molar-refractivity contribution in [2.24, 2.45) is 5.92 Å². The van der Waals surface area contributed by atoms with Crippen molar-refractivity contribution >= 4 is 17.4 Å². The molecule has 0 saturated heterocycles. The van der Waals surface area contributed by atoms with Crippen molar-refractivity contribution in [3.63, 3.8) is 0 Å². The van der Waals surface area contributed by atoms with Gasteiger partial charge in [0.2, 0.25) is 0 Å². The van der Waals surface area contributed by atoms with Gasteiger partial charge < -0.3 is 5.32 Å². The first-order valence-corrected chi connectivity index (χ1v) is 5.36. The molecule has 0 bridgehead atoms. The van der Waals surface area contributed by atoms with E-state index in [9.17, 15) is 0 Å². The molecular weight excluding hydrogens is 198 g/mol. The van der Waals surface area contributed by atoms with Crippen molar-refractivity contribution in [1.82, 2.24) is 9.97 Å². The summed E-state index contributed by atoms with van der Waals surface area (Å²) in [7, 11) is 0. The maximum atomic E-state index is 6.17. The summed E-state index contributed by atoms with van der Waals surface area (Å²) in [6.07, 6.45) is 5.93. The maximum Gasteiger partial charge on any atom is 0.147 e. The standard InChI is InChI=1S/C10H14ClN3/c1-7-10(13-5-4-12-7)14-6-9(11)8-2-3-8/h4-5,8-9H,2-3,6H2,1H3,(H,13,14). The first kappa shape index (κ1) is 9.71. The molecule has 1 aromatic rings. The maximum absolute atomic E-state index is 6.17. The molecular formula is C10H14ClN3. The third-order valence-electron chi connectivity index (χ3n) is 2.48. The van der Waals surface area contributed by atoms with Crippen LogP contribution in [0.5, 0.6) is 0 Å². The fraction of sp³-hybridized carbons (Fsp3) is 0.600. The minimum Gasteiger partial charge on any atom is -0.367 e. The van der Waals surface area contributed by atoms with E-state index in [-0.39, 0.29) is 5.38 Å². The summed E-state index contributed by atoms with van der Waals surface area (Å²) in [5.41, 5.74) is 0.923. The van der Waals surface area contributed by atoms with Gasteiger partial charge in [0, 0.05) is 18.9 Å². The molecule has 1 aliphatic carbocycles. The van der Waals surface area contributed by atoms with Crippen molar-refractivity contribution < 1.29 is 0 Å². The van der Waals surface area contributed by atoms with Crippen LogP contribution < -0.4 is 5.32 Å². The lowest BCUT2D eigenvalue weighted by molar-refractivity contribution is 0.767. The Balaban J connectivity index is 1.87. The number of hydrogen-bond acceptors (Lipinski definition) is 3. The quantitative estimate of drug-likeness (QED) is 0.777. The number of alkyl halides is 1. The molecule has 14 heavy (non-hydrogen) atoms. The molecule has 1 aromatic heterocycles. The van der Waals surface area contributed by atoms with Gasteiger partial charge in [0.05, 0.1) is 11.1 Å². The van der Waals surface area contributed by atoms with Crippen LogP contribution in [0.15, 0.2) is 12.4 Å². The summed E-state index contributed by atoms with van der Waals surface area (Å²) in [6, 6.07) is 0. The first-order chi connectivity index (χ1) is 6.77. The number of aromatic nitrogens is 2. The van der Waals surface area contributed by atoms with Gasteiger partial charge in [-0.2, -0.15) is 0 Å². The van der Waals surface area contributed by atoms with Gasteiger partial charge in [-0.05, 0) is 25.7 Å². The third-order valence-corrected chi connectivity index (χ3v) is 2.99. The molecule has 2 rings (SSSR count). The Morgan fingerprint density at radius 2 is 2.21 bits per heavy atom. The summed E-state index contributed by atoms with van der Waals surface area (Å²) >= 11 is 6.17. The molecule has 3 nitrogen and oxygen atoms in total. The monoisotopic (exact) mass is 211 g/mol. The molecule has 0 spiro atoms. The number of hydrogen-bond donors (Lipinski definition) is 1. The van der Waals surface area contributed by atoms with Gasteiger partial charge >= 0.3 is 0 Å². The van der Waals surface area contributed by atoms with Crippen LogP contribution in [0.25, 0.3) is 0 Å². The minimum atomic E-state index is 0.233. The largest absolute Gasteiger partial charge is 0.367 e. The fourth-order valence-electron chi connectivity index (χ4n) is 1.40. The molecule has 1 saturated carbocycles. The number of rotatable bonds is 4. The second-order valence-corrected chi connectivity index (χ2v) is 4.29. The van der Waals surface area contributed by atoms with E-state index in [1.165, 1.54) is 12.8 Å². The molecule has 4 heteroatoms. The van der Waals surface area contributed by atoms with Crippen LogP contribution in [-0.2, 0) is 0 Å². The second-order valence-electron chi connectivity index (χ2n) is 3.72. The number of nitrogens with zero attached hydrogens (tertiary/aromatic N) is 2. The molecule has 1 fully saturated rings. The highest BCUT2D eigenvalue weighted by atomic mass is 35.5. The van der Waals surface area contributed by atoms with Gasteiger partial charge in [-0.1, -0.05) is 0 Å². The van der Waals surface area contributed by atoms with Gasteiger partial charge in [-0.15, -0.1) is 11.6 Å². The van der Waals surface area contributed by atoms with E-state index in [0.29, 0.717) is 5.92 Å². The highest BCUT2D eigenvalue weighted by molar-refractivity contribution is 6.21. The van der Waals surface area contributed by atoms with Crippen LogP contribution in [0.4, 0.5) is 5.82 Å². The van der Waals surface area contributed by atoms with Crippen molar-refractivity contribution in [1.29, 1.82) is 0 Å². The number of halogens is 1. The minimum absolute atomic E-state index is 0.233. The molecule has 1 aliphatic rings. The smallest absolute Gasteiger partial charge is 0.147 e. The molecule has 0 radical (unpaired) electrons. The van der Waals surface area contributed by atoms with Gasteiger partial charge in [0.1, 0.15) is 5.82 Å². The van der Waals surface area contributed by atoms with E-state index in [0.717, 1.165) is 18.1 Å². The molecule has 1 N–H and O–H groups in total. The van der Waals surface area contributed by atoms with E-state index >= 15 is 0 Å². The summed E-state index contributed by atoms with van der Waals surface area (Å²) in [5, 5.41) is 3.46. The Labute approximate surface area is 88.9 Å². The van der Waals surface area contributed by atoms with E-state index in [1.807, 2.05) is 6.92 Å². The highest BCUT2D eigenvalue weighted by Crippen LogP contribution is 2.35. The number of anilines is 1. The van der Waals surface area contributed by atoms with E-state index < -0.39 is 0 Å². The lowest BCUT2D eigenvalue weighted by Gasteiger charge is -2.10. The Bertz CT molecular complexity index is 312. The van der Waals surface area contributed by atoms with Crippen LogP contribution in [0.3, 0.4) is 0 Å². The molecule has 0 aromatic carbocycles. The Morgan fingerprint density at radius 3 is 2.86 bits per heavy atom. The van der Waals surface area contributed by atoms with Gasteiger partial charge in [-0.3, -0.25) is 4.98 Å². The zero-order chi connectivity index (χ0) is 9.97. The lowest BCUT2D eigenvalue weighted by Crippen LogP contribution is -2.17. The van der Waals surface area contributed by atoms with Crippen LogP contribution in [-0.4, -0.2) is 21.9 Å². The summed E-state index contributed by atoms with van der Waals surface area (Å²) in [5.74, 6) is 1.56. The molecule has 0 amide bonds. The predicted molar refractivity (Wildman–Crippen MR) is 57.6 cm³/mol. The lowest BCUT2D eigenvalue weighted by atomic mass is 10.3. The average molecular weight is 212 g/mol. The third kappa shape index (κ3) is 2.35. The fourth-order valence-corrected chi connectivity index (χ4v) is 1.73. The second kappa shape index (κ2) is 4.13. The number of aryl methyl sites for hydroxylation is 1. The predicted octanol–water partition coefficient (Wildman–Crippen LogP) is 2.21. The molecule has 1 unspecified atom stereocenters. The zero-order valence-corrected chi connectivity index (χ0v) is 8.96. The van der Waals surface area contributed by atoms with Gasteiger partial charge in [0.15, 0.2) is 0 Å². The van der Waals surface area contributed by atoms with Crippen molar-refractivity contribution in [3.8, 4) is 0 Å². The Kier molecular flexibility index (Phi) is 2.87. The van der Waals surface area contributed by atoms with Gasteiger partial charge in [-0.25, -0.2) is 4.98 Å². The molecule has 1 heterocycles. The van der Waals surface area contributed by atoms with E-state index in [1.54, 1.807) is 12.4 Å². The van der Waals surface area contributed by atoms with Crippen LogP contribution in [0.1, 0.15) is 18.5 Å². The normalized spacial score (nSPS) is 17.9. The summed E-state index contributed by atoms with van der Waals surface area (Å²) in [6.45, 7) is 2.72. The zero-order valence-electron chi connectivity index (χ0n) is 8.20. The van der Waals surface area contributed by atoms with Crippen LogP contribution in [0.2, 0.25) is 0 Å². The van der Waals surface area contributed by atoms with E-state index in [2.05, 4.69) is 15.3 Å². The van der Waals surface area contributed by atoms with E-state index in [4.69, 9.17) is 11.6 Å². The summed E-state index contributed by atoms with van der Waals surface area (Å²) in [4.78, 5) is 8.35. The highest BCUT2D eigenvalue weighted by Gasteiger charge is 2.29. The van der Waals surface area contributed by atoms with Crippen LogP contribution in [0, 0.1) is 12.8 Å². The topological polar surface area (TPSA) is 37.8 Å². The SMILES string of the molecule is Cc1nccnc1NCC(Cl)C1CC1. The first-order valence-electron chi connectivity index (χ1n) is 4.93. The molecule has 76 valence electrons. The molecule has 1 atom stereocenters. The number of nitrogens with one attached hydrogen (secondary N) is 1. The Morgan fingerprint density at radius 1 is 1.50 bits per heavy atom. The van der Waals surface area contributed by atoms with Gasteiger partial charge in [0.25, 0.3) is 0 Å². The van der Waals surface area contributed by atoms with Crippen molar-refractivity contribution in [2.75, 3.05) is 11.9 Å². The Hall–Kier alpha value is -0.830. The average Bonchev–Trinajstić information content (AvgIpc) is 2.99.